The zero-order chi connectivity index (χ0) is 16.5. The van der Waals surface area contributed by atoms with E-state index >= 15 is 0 Å². The van der Waals surface area contributed by atoms with E-state index < -0.39 is 0 Å². The molecule has 2 aromatic heterocycles. The third-order valence-corrected chi connectivity index (χ3v) is 4.81. The highest BCUT2D eigenvalue weighted by molar-refractivity contribution is 5.83. The fourth-order valence-electron chi connectivity index (χ4n) is 3.31. The van der Waals surface area contributed by atoms with E-state index in [2.05, 4.69) is 16.0 Å². The number of nitrogens with zero attached hydrogens (tertiary/aromatic N) is 4. The smallest absolute Gasteiger partial charge is 0.226 e. The first-order valence-corrected chi connectivity index (χ1v) is 8.19. The number of anilines is 1. The maximum absolute atomic E-state index is 12.6. The van der Waals surface area contributed by atoms with Crippen LogP contribution in [-0.4, -0.2) is 42.0 Å². The molecule has 0 aromatic carbocycles. The summed E-state index contributed by atoms with van der Waals surface area (Å²) in [6.45, 7) is 2.95. The van der Waals surface area contributed by atoms with Crippen molar-refractivity contribution in [1.29, 1.82) is 5.26 Å². The number of amides is 1. The number of rotatable bonds is 3. The molecule has 2 aromatic rings. The summed E-state index contributed by atoms with van der Waals surface area (Å²) in [5.74, 6) is 2.36. The van der Waals surface area contributed by atoms with Crippen molar-refractivity contribution in [3.8, 4) is 6.07 Å². The molecule has 0 bridgehead atoms. The molecular formula is C18H18N4O2. The Hall–Kier alpha value is -2.81. The van der Waals surface area contributed by atoms with Gasteiger partial charge in [0.2, 0.25) is 5.91 Å². The van der Waals surface area contributed by atoms with Gasteiger partial charge in [0.15, 0.2) is 0 Å². The summed E-state index contributed by atoms with van der Waals surface area (Å²) in [4.78, 5) is 21.0. The SMILES string of the molecule is N#Cc1ccc(N2CCN(C(=O)[C@@H]3C[C@@H]3c3ccco3)CC2)nc1. The molecule has 4 rings (SSSR count). The van der Waals surface area contributed by atoms with E-state index in [9.17, 15) is 4.79 Å². The third-order valence-electron chi connectivity index (χ3n) is 4.81. The zero-order valence-electron chi connectivity index (χ0n) is 13.3. The number of furan rings is 1. The van der Waals surface area contributed by atoms with Gasteiger partial charge in [-0.15, -0.1) is 0 Å². The predicted molar refractivity (Wildman–Crippen MR) is 87.3 cm³/mol. The van der Waals surface area contributed by atoms with Gasteiger partial charge in [0.1, 0.15) is 17.6 Å². The van der Waals surface area contributed by atoms with Gasteiger partial charge in [0, 0.05) is 44.2 Å². The lowest BCUT2D eigenvalue weighted by atomic mass is 10.2. The van der Waals surface area contributed by atoms with Crippen molar-refractivity contribution in [2.24, 2.45) is 5.92 Å². The van der Waals surface area contributed by atoms with Crippen LogP contribution in [0.1, 0.15) is 23.7 Å². The molecule has 1 aliphatic carbocycles. The molecule has 1 amide bonds. The number of hydrogen-bond donors (Lipinski definition) is 0. The highest BCUT2D eigenvalue weighted by atomic mass is 16.3. The molecule has 0 radical (unpaired) electrons. The van der Waals surface area contributed by atoms with E-state index in [1.165, 1.54) is 0 Å². The Bertz CT molecular complexity index is 755. The Morgan fingerprint density at radius 2 is 2.08 bits per heavy atom. The average molecular weight is 322 g/mol. The lowest BCUT2D eigenvalue weighted by Gasteiger charge is -2.35. The van der Waals surface area contributed by atoms with Crippen LogP contribution in [0, 0.1) is 17.2 Å². The number of nitriles is 1. The van der Waals surface area contributed by atoms with E-state index in [-0.39, 0.29) is 17.7 Å². The molecule has 2 aliphatic rings. The van der Waals surface area contributed by atoms with Crippen LogP contribution in [-0.2, 0) is 4.79 Å². The fraction of sp³-hybridized carbons (Fsp3) is 0.389. The number of carbonyl (C=O) groups is 1. The zero-order valence-corrected chi connectivity index (χ0v) is 13.3. The summed E-state index contributed by atoms with van der Waals surface area (Å²) >= 11 is 0. The van der Waals surface area contributed by atoms with Gasteiger partial charge in [0.25, 0.3) is 0 Å². The van der Waals surface area contributed by atoms with E-state index in [1.54, 1.807) is 18.5 Å². The van der Waals surface area contributed by atoms with Crippen molar-refractivity contribution in [3.05, 3.63) is 48.0 Å². The molecule has 6 heteroatoms. The molecule has 3 heterocycles. The number of piperazine rings is 1. The van der Waals surface area contributed by atoms with Gasteiger partial charge in [-0.05, 0) is 30.7 Å². The second-order valence-corrected chi connectivity index (χ2v) is 6.29. The summed E-state index contributed by atoms with van der Waals surface area (Å²) in [7, 11) is 0. The topological polar surface area (TPSA) is 73.4 Å². The molecule has 1 saturated heterocycles. The van der Waals surface area contributed by atoms with Crippen LogP contribution >= 0.6 is 0 Å². The average Bonchev–Trinajstić information content (AvgIpc) is 3.26. The Labute approximate surface area is 140 Å². The van der Waals surface area contributed by atoms with Crippen molar-refractivity contribution in [1.82, 2.24) is 9.88 Å². The van der Waals surface area contributed by atoms with E-state index in [4.69, 9.17) is 9.68 Å². The van der Waals surface area contributed by atoms with Crippen LogP contribution in [0.4, 0.5) is 5.82 Å². The number of carbonyl (C=O) groups excluding carboxylic acids is 1. The second-order valence-electron chi connectivity index (χ2n) is 6.29. The molecule has 0 N–H and O–H groups in total. The highest BCUT2D eigenvalue weighted by Gasteiger charge is 2.47. The summed E-state index contributed by atoms with van der Waals surface area (Å²) < 4.78 is 5.41. The van der Waals surface area contributed by atoms with Crippen molar-refractivity contribution in [2.45, 2.75) is 12.3 Å². The number of hydrogen-bond acceptors (Lipinski definition) is 5. The molecule has 0 spiro atoms. The lowest BCUT2D eigenvalue weighted by molar-refractivity contribution is -0.133. The maximum atomic E-state index is 12.6. The molecule has 2 fully saturated rings. The number of aromatic nitrogens is 1. The van der Waals surface area contributed by atoms with Gasteiger partial charge < -0.3 is 14.2 Å². The van der Waals surface area contributed by atoms with Gasteiger partial charge >= 0.3 is 0 Å². The largest absolute Gasteiger partial charge is 0.469 e. The number of pyridine rings is 1. The maximum Gasteiger partial charge on any atom is 0.226 e. The normalized spacial score (nSPS) is 23.0. The quantitative estimate of drug-likeness (QED) is 0.864. The van der Waals surface area contributed by atoms with Crippen molar-refractivity contribution in [3.63, 3.8) is 0 Å². The van der Waals surface area contributed by atoms with Crippen molar-refractivity contribution >= 4 is 11.7 Å². The minimum Gasteiger partial charge on any atom is -0.469 e. The minimum absolute atomic E-state index is 0.0794. The minimum atomic E-state index is 0.0794. The first-order chi connectivity index (χ1) is 11.8. The second kappa shape index (κ2) is 6.00. The lowest BCUT2D eigenvalue weighted by Crippen LogP contribution is -2.49. The highest BCUT2D eigenvalue weighted by Crippen LogP contribution is 2.48. The van der Waals surface area contributed by atoms with E-state index in [0.717, 1.165) is 31.1 Å². The fourth-order valence-corrected chi connectivity index (χ4v) is 3.31. The Morgan fingerprint density at radius 1 is 1.25 bits per heavy atom. The monoisotopic (exact) mass is 322 g/mol. The molecule has 1 saturated carbocycles. The third kappa shape index (κ3) is 2.73. The molecule has 2 atom stereocenters. The van der Waals surface area contributed by atoms with Gasteiger partial charge in [-0.1, -0.05) is 0 Å². The van der Waals surface area contributed by atoms with Crippen LogP contribution in [0.3, 0.4) is 0 Å². The Morgan fingerprint density at radius 3 is 2.71 bits per heavy atom. The molecule has 24 heavy (non-hydrogen) atoms. The summed E-state index contributed by atoms with van der Waals surface area (Å²) in [5.41, 5.74) is 0.560. The summed E-state index contributed by atoms with van der Waals surface area (Å²) in [6.07, 6.45) is 4.15. The van der Waals surface area contributed by atoms with E-state index in [1.807, 2.05) is 23.1 Å². The van der Waals surface area contributed by atoms with Crippen LogP contribution in [0.2, 0.25) is 0 Å². The Balaban J connectivity index is 1.33. The first-order valence-electron chi connectivity index (χ1n) is 8.19. The van der Waals surface area contributed by atoms with Crippen molar-refractivity contribution in [2.75, 3.05) is 31.1 Å². The molecule has 6 nitrogen and oxygen atoms in total. The van der Waals surface area contributed by atoms with Gasteiger partial charge in [-0.2, -0.15) is 5.26 Å². The standard InChI is InChI=1S/C18H18N4O2/c19-11-13-3-4-17(20-12-13)21-5-7-22(8-6-21)18(23)15-10-14(15)16-2-1-9-24-16/h1-4,9,12,14-15H,5-8,10H2/t14-,15+/m0/s1. The summed E-state index contributed by atoms with van der Waals surface area (Å²) in [6, 6.07) is 9.54. The molecular weight excluding hydrogens is 304 g/mol. The van der Waals surface area contributed by atoms with Gasteiger partial charge in [-0.25, -0.2) is 4.98 Å². The van der Waals surface area contributed by atoms with Crippen LogP contribution < -0.4 is 4.90 Å². The predicted octanol–water partition coefficient (Wildman–Crippen LogP) is 2.00. The molecule has 0 unspecified atom stereocenters. The molecule has 122 valence electrons. The molecule has 1 aliphatic heterocycles. The van der Waals surface area contributed by atoms with Gasteiger partial charge in [0.05, 0.1) is 11.8 Å². The first kappa shape index (κ1) is 14.8. The van der Waals surface area contributed by atoms with Gasteiger partial charge in [-0.3, -0.25) is 4.79 Å². The van der Waals surface area contributed by atoms with Crippen molar-refractivity contribution < 1.29 is 9.21 Å². The van der Waals surface area contributed by atoms with Crippen LogP contribution in [0.25, 0.3) is 0 Å². The van der Waals surface area contributed by atoms with E-state index in [0.29, 0.717) is 18.7 Å². The Kier molecular flexibility index (Phi) is 3.69. The van der Waals surface area contributed by atoms with Crippen LogP contribution in [0.15, 0.2) is 41.1 Å². The van der Waals surface area contributed by atoms with Crippen LogP contribution in [0.5, 0.6) is 0 Å². The summed E-state index contributed by atoms with van der Waals surface area (Å²) in [5, 5.41) is 8.83.